The van der Waals surface area contributed by atoms with E-state index in [0.717, 1.165) is 44.2 Å². The molecule has 0 saturated carbocycles. The maximum Gasteiger partial charge on any atom is 0.160 e. The molecule has 7 aromatic carbocycles. The Morgan fingerprint density at radius 1 is 0.412 bits per heavy atom. The molecule has 9 aromatic rings. The highest BCUT2D eigenvalue weighted by atomic mass is 14.9. The van der Waals surface area contributed by atoms with Gasteiger partial charge in [0.05, 0.1) is 11.4 Å². The van der Waals surface area contributed by atoms with Crippen molar-refractivity contribution in [3.63, 3.8) is 0 Å². The van der Waals surface area contributed by atoms with Crippen molar-refractivity contribution < 1.29 is 0 Å². The lowest BCUT2D eigenvalue weighted by molar-refractivity contribution is 0.668. The summed E-state index contributed by atoms with van der Waals surface area (Å²) in [5, 5.41) is 7.22. The van der Waals surface area contributed by atoms with E-state index in [1.807, 2.05) is 36.7 Å². The lowest BCUT2D eigenvalue weighted by Gasteiger charge is -2.26. The standard InChI is InChI=1S/C48H33N3/c1-48(2)45-35-14-7-6-11-31(35)21-22-42(45)41-18-10-17-40(46(41)48)38-23-24-39(37-16-9-8-15-36(37)38)44-28-43(50-47(51-44)32-12-4-3-5-13-32)33-20-19-30-25-26-49-29-34(30)27-33/h3-29H,1-2H3. The molecular weight excluding hydrogens is 619 g/mol. The third-order valence-corrected chi connectivity index (χ3v) is 10.7. The minimum absolute atomic E-state index is 0.177. The Kier molecular flexibility index (Phi) is 6.53. The SMILES string of the molecule is CC1(C)c2c(cccc2-c2ccc(-c3cc(-c4ccc5ccncc5c4)nc(-c4ccccc4)n3)c3ccccc23)-c2ccc3ccccc3c21. The van der Waals surface area contributed by atoms with Crippen molar-refractivity contribution in [1.82, 2.24) is 15.0 Å². The first-order chi connectivity index (χ1) is 25.0. The van der Waals surface area contributed by atoms with Gasteiger partial charge >= 0.3 is 0 Å². The van der Waals surface area contributed by atoms with Gasteiger partial charge in [-0.3, -0.25) is 4.98 Å². The monoisotopic (exact) mass is 651 g/mol. The minimum Gasteiger partial charge on any atom is -0.264 e. The lowest BCUT2D eigenvalue weighted by Crippen LogP contribution is -2.17. The van der Waals surface area contributed by atoms with Crippen LogP contribution in [0.3, 0.4) is 0 Å². The summed E-state index contributed by atoms with van der Waals surface area (Å²) in [6.45, 7) is 4.78. The first-order valence-corrected chi connectivity index (χ1v) is 17.5. The van der Waals surface area contributed by atoms with Gasteiger partial charge in [-0.05, 0) is 78.5 Å². The number of hydrogen-bond donors (Lipinski definition) is 0. The van der Waals surface area contributed by atoms with Crippen molar-refractivity contribution in [2.24, 2.45) is 0 Å². The first kappa shape index (κ1) is 29.5. The Morgan fingerprint density at radius 2 is 1.06 bits per heavy atom. The predicted molar refractivity (Wildman–Crippen MR) is 212 cm³/mol. The fraction of sp³-hybridized carbons (Fsp3) is 0.0625. The zero-order chi connectivity index (χ0) is 34.1. The summed E-state index contributed by atoms with van der Waals surface area (Å²) >= 11 is 0. The number of nitrogens with zero attached hydrogens (tertiary/aromatic N) is 3. The van der Waals surface area contributed by atoms with E-state index in [0.29, 0.717) is 5.82 Å². The second-order valence-corrected chi connectivity index (χ2v) is 14.0. The molecule has 0 atom stereocenters. The zero-order valence-electron chi connectivity index (χ0n) is 28.4. The molecule has 1 aliphatic rings. The van der Waals surface area contributed by atoms with Gasteiger partial charge in [-0.2, -0.15) is 0 Å². The number of rotatable bonds is 4. The van der Waals surface area contributed by atoms with E-state index in [2.05, 4.69) is 146 Å². The third-order valence-electron chi connectivity index (χ3n) is 10.7. The summed E-state index contributed by atoms with van der Waals surface area (Å²) in [4.78, 5) is 14.7. The Labute approximate surface area is 297 Å². The van der Waals surface area contributed by atoms with Crippen LogP contribution in [0.5, 0.6) is 0 Å². The first-order valence-electron chi connectivity index (χ1n) is 17.5. The number of pyridine rings is 1. The largest absolute Gasteiger partial charge is 0.264 e. The average molecular weight is 652 g/mol. The van der Waals surface area contributed by atoms with E-state index in [1.165, 1.54) is 49.5 Å². The summed E-state index contributed by atoms with van der Waals surface area (Å²) in [5.41, 5.74) is 12.7. The topological polar surface area (TPSA) is 38.7 Å². The fourth-order valence-electron chi connectivity index (χ4n) is 8.42. The molecule has 0 radical (unpaired) electrons. The molecule has 0 spiro atoms. The summed E-state index contributed by atoms with van der Waals surface area (Å²) in [7, 11) is 0. The Balaban J connectivity index is 1.17. The number of aromatic nitrogens is 3. The molecule has 0 bridgehead atoms. The molecule has 51 heavy (non-hydrogen) atoms. The van der Waals surface area contributed by atoms with Gasteiger partial charge in [-0.15, -0.1) is 0 Å². The van der Waals surface area contributed by atoms with Gasteiger partial charge in [0.15, 0.2) is 5.82 Å². The normalized spacial score (nSPS) is 13.1. The molecule has 240 valence electrons. The van der Waals surface area contributed by atoms with E-state index < -0.39 is 0 Å². The quantitative estimate of drug-likeness (QED) is 0.190. The van der Waals surface area contributed by atoms with E-state index in [9.17, 15) is 0 Å². The van der Waals surface area contributed by atoms with Crippen molar-refractivity contribution >= 4 is 32.3 Å². The smallest absolute Gasteiger partial charge is 0.160 e. The summed E-state index contributed by atoms with van der Waals surface area (Å²) in [6, 6.07) is 54.4. The molecule has 0 fully saturated rings. The van der Waals surface area contributed by atoms with Crippen LogP contribution in [0.2, 0.25) is 0 Å². The van der Waals surface area contributed by atoms with Crippen molar-refractivity contribution in [2.75, 3.05) is 0 Å². The molecule has 0 unspecified atom stereocenters. The maximum atomic E-state index is 5.23. The average Bonchev–Trinajstić information content (AvgIpc) is 3.44. The highest BCUT2D eigenvalue weighted by molar-refractivity contribution is 6.07. The van der Waals surface area contributed by atoms with Gasteiger partial charge in [0.1, 0.15) is 0 Å². The van der Waals surface area contributed by atoms with Crippen LogP contribution in [0.4, 0.5) is 0 Å². The van der Waals surface area contributed by atoms with Crippen LogP contribution in [0.1, 0.15) is 25.0 Å². The van der Waals surface area contributed by atoms with E-state index in [1.54, 1.807) is 0 Å². The molecule has 3 heteroatoms. The van der Waals surface area contributed by atoms with Crippen LogP contribution in [0, 0.1) is 0 Å². The van der Waals surface area contributed by atoms with Crippen molar-refractivity contribution in [3.8, 4) is 56.2 Å². The predicted octanol–water partition coefficient (Wildman–Crippen LogP) is 12.3. The van der Waals surface area contributed by atoms with Crippen LogP contribution in [0.15, 0.2) is 164 Å². The van der Waals surface area contributed by atoms with Gasteiger partial charge in [-0.1, -0.05) is 147 Å². The van der Waals surface area contributed by atoms with Crippen LogP contribution in [-0.4, -0.2) is 15.0 Å². The van der Waals surface area contributed by atoms with Crippen molar-refractivity contribution in [1.29, 1.82) is 0 Å². The van der Waals surface area contributed by atoms with Crippen molar-refractivity contribution in [2.45, 2.75) is 19.3 Å². The fourth-order valence-corrected chi connectivity index (χ4v) is 8.42. The Hall–Kier alpha value is -6.45. The highest BCUT2D eigenvalue weighted by Crippen LogP contribution is 2.55. The molecule has 0 amide bonds. The van der Waals surface area contributed by atoms with Gasteiger partial charge in [0, 0.05) is 39.9 Å². The van der Waals surface area contributed by atoms with Gasteiger partial charge < -0.3 is 0 Å². The second kappa shape index (κ2) is 11.3. The molecule has 0 N–H and O–H groups in total. The molecular formula is C48H33N3. The van der Waals surface area contributed by atoms with E-state index >= 15 is 0 Å². The summed E-state index contributed by atoms with van der Waals surface area (Å²) in [5.74, 6) is 0.704. The van der Waals surface area contributed by atoms with Gasteiger partial charge in [0.2, 0.25) is 0 Å². The molecule has 3 nitrogen and oxygen atoms in total. The summed E-state index contributed by atoms with van der Waals surface area (Å²) < 4.78 is 0. The lowest BCUT2D eigenvalue weighted by atomic mass is 9.77. The van der Waals surface area contributed by atoms with Crippen LogP contribution in [0.25, 0.3) is 88.5 Å². The molecule has 10 rings (SSSR count). The van der Waals surface area contributed by atoms with Crippen LogP contribution in [-0.2, 0) is 5.41 Å². The molecule has 2 aromatic heterocycles. The Morgan fingerprint density at radius 3 is 1.90 bits per heavy atom. The van der Waals surface area contributed by atoms with Crippen molar-refractivity contribution in [3.05, 3.63) is 175 Å². The van der Waals surface area contributed by atoms with Gasteiger partial charge in [-0.25, -0.2) is 9.97 Å². The molecule has 2 heterocycles. The van der Waals surface area contributed by atoms with E-state index in [-0.39, 0.29) is 5.41 Å². The zero-order valence-corrected chi connectivity index (χ0v) is 28.4. The number of hydrogen-bond acceptors (Lipinski definition) is 3. The van der Waals surface area contributed by atoms with Crippen LogP contribution < -0.4 is 0 Å². The van der Waals surface area contributed by atoms with Crippen LogP contribution >= 0.6 is 0 Å². The van der Waals surface area contributed by atoms with E-state index in [4.69, 9.17) is 9.97 Å². The minimum atomic E-state index is -0.177. The third kappa shape index (κ3) is 4.62. The maximum absolute atomic E-state index is 5.23. The number of benzene rings is 7. The Bertz CT molecular complexity index is 2830. The number of fused-ring (bicyclic) bond motifs is 7. The summed E-state index contributed by atoms with van der Waals surface area (Å²) in [6.07, 6.45) is 3.74. The highest BCUT2D eigenvalue weighted by Gasteiger charge is 2.39. The molecule has 0 aliphatic heterocycles. The molecule has 1 aliphatic carbocycles. The molecule has 0 saturated heterocycles. The van der Waals surface area contributed by atoms with Gasteiger partial charge in [0.25, 0.3) is 0 Å². The second-order valence-electron chi connectivity index (χ2n) is 14.0.